The van der Waals surface area contributed by atoms with Crippen LogP contribution < -0.4 is 9.47 Å². The molecule has 0 aromatic heterocycles. The Morgan fingerprint density at radius 1 is 1.33 bits per heavy atom. The molecule has 2 aliphatic heterocycles. The van der Waals surface area contributed by atoms with Crippen LogP contribution in [0.2, 0.25) is 0 Å². The van der Waals surface area contributed by atoms with Gasteiger partial charge >= 0.3 is 0 Å². The van der Waals surface area contributed by atoms with Crippen LogP contribution in [0.15, 0.2) is 18.2 Å². The second-order valence-electron chi connectivity index (χ2n) is 4.80. The molecule has 2 heterocycles. The molecule has 1 saturated heterocycles. The normalized spacial score (nSPS) is 25.3. The number of thioether (sulfide) groups is 2. The molecule has 2 nitrogen and oxygen atoms in total. The first kappa shape index (κ1) is 12.5. The summed E-state index contributed by atoms with van der Waals surface area (Å²) in [6.07, 6.45) is 2.69. The van der Waals surface area contributed by atoms with Crippen LogP contribution in [0.25, 0.3) is 0 Å². The second-order valence-corrected chi connectivity index (χ2v) is 7.84. The fourth-order valence-corrected chi connectivity index (χ4v) is 6.22. The van der Waals surface area contributed by atoms with E-state index < -0.39 is 0 Å². The average Bonchev–Trinajstić information content (AvgIpc) is 2.39. The zero-order valence-corrected chi connectivity index (χ0v) is 12.4. The third-order valence-corrected chi connectivity index (χ3v) is 6.84. The predicted octanol–water partition coefficient (Wildman–Crippen LogP) is 3.89. The van der Waals surface area contributed by atoms with Crippen molar-refractivity contribution >= 4 is 23.5 Å². The number of hydrogen-bond acceptors (Lipinski definition) is 4. The van der Waals surface area contributed by atoms with Gasteiger partial charge < -0.3 is 9.47 Å². The number of rotatable bonds is 1. The standard InChI is InChI=1S/C14H18O2S2/c1-10-9-14(17-6-3-7-18-14)12-8-11(15-2)4-5-13(12)16-10/h4-5,8,10H,3,6-7,9H2,1-2H3/t10-/m0/s1. The minimum atomic E-state index is 0.180. The first-order valence-corrected chi connectivity index (χ1v) is 8.34. The first-order valence-electron chi connectivity index (χ1n) is 6.36. The molecule has 0 radical (unpaired) electrons. The number of ether oxygens (including phenoxy) is 2. The lowest BCUT2D eigenvalue weighted by atomic mass is 10.0. The number of hydrogen-bond donors (Lipinski definition) is 0. The van der Waals surface area contributed by atoms with Crippen molar-refractivity contribution in [3.05, 3.63) is 23.8 Å². The molecule has 0 saturated carbocycles. The molecule has 98 valence electrons. The molecule has 1 aromatic rings. The van der Waals surface area contributed by atoms with E-state index in [-0.39, 0.29) is 4.08 Å². The van der Waals surface area contributed by atoms with Gasteiger partial charge in [0.25, 0.3) is 0 Å². The van der Waals surface area contributed by atoms with Gasteiger partial charge in [-0.25, -0.2) is 0 Å². The van der Waals surface area contributed by atoms with Crippen LogP contribution in [-0.2, 0) is 4.08 Å². The third kappa shape index (κ3) is 2.10. The van der Waals surface area contributed by atoms with Crippen molar-refractivity contribution in [2.75, 3.05) is 18.6 Å². The van der Waals surface area contributed by atoms with E-state index in [9.17, 15) is 0 Å². The van der Waals surface area contributed by atoms with Gasteiger partial charge in [-0.1, -0.05) is 0 Å². The first-order chi connectivity index (χ1) is 8.73. The van der Waals surface area contributed by atoms with Crippen molar-refractivity contribution in [3.8, 4) is 11.5 Å². The minimum Gasteiger partial charge on any atom is -0.497 e. The molecule has 2 aliphatic rings. The lowest BCUT2D eigenvalue weighted by Gasteiger charge is -2.42. The average molecular weight is 282 g/mol. The predicted molar refractivity (Wildman–Crippen MR) is 78.9 cm³/mol. The molecule has 1 aromatic carbocycles. The SMILES string of the molecule is COc1ccc2c(c1)C1(C[C@H](C)O2)SCCCS1. The minimum absolute atomic E-state index is 0.180. The molecule has 3 rings (SSSR count). The molecule has 1 atom stereocenters. The quantitative estimate of drug-likeness (QED) is 0.777. The molecule has 0 amide bonds. The molecule has 4 heteroatoms. The van der Waals surface area contributed by atoms with Crippen LogP contribution in [0.4, 0.5) is 0 Å². The summed E-state index contributed by atoms with van der Waals surface area (Å²) in [6, 6.07) is 6.20. The van der Waals surface area contributed by atoms with E-state index in [4.69, 9.17) is 9.47 Å². The van der Waals surface area contributed by atoms with E-state index in [1.165, 1.54) is 23.5 Å². The van der Waals surface area contributed by atoms with E-state index in [0.717, 1.165) is 17.9 Å². The smallest absolute Gasteiger partial charge is 0.125 e. The maximum Gasteiger partial charge on any atom is 0.125 e. The highest BCUT2D eigenvalue weighted by atomic mass is 32.2. The Hall–Kier alpha value is -0.480. The van der Waals surface area contributed by atoms with Gasteiger partial charge in [0.15, 0.2) is 0 Å². The molecule has 0 unspecified atom stereocenters. The van der Waals surface area contributed by atoms with Crippen LogP contribution in [0.5, 0.6) is 11.5 Å². The Balaban J connectivity index is 2.06. The van der Waals surface area contributed by atoms with Crippen LogP contribution >= 0.6 is 23.5 Å². The highest BCUT2D eigenvalue weighted by Gasteiger charge is 2.43. The Morgan fingerprint density at radius 2 is 2.11 bits per heavy atom. The van der Waals surface area contributed by atoms with E-state index in [1.807, 2.05) is 6.07 Å². The van der Waals surface area contributed by atoms with Gasteiger partial charge in [0.1, 0.15) is 11.5 Å². The summed E-state index contributed by atoms with van der Waals surface area (Å²) in [5, 5.41) is 0. The van der Waals surface area contributed by atoms with E-state index >= 15 is 0 Å². The second kappa shape index (κ2) is 4.89. The van der Waals surface area contributed by atoms with Gasteiger partial charge in [-0.05, 0) is 43.0 Å². The Labute approximate surface area is 117 Å². The van der Waals surface area contributed by atoms with Gasteiger partial charge in [-0.3, -0.25) is 0 Å². The number of benzene rings is 1. The summed E-state index contributed by atoms with van der Waals surface area (Å²) >= 11 is 4.16. The summed E-state index contributed by atoms with van der Waals surface area (Å²) < 4.78 is 11.5. The Bertz CT molecular complexity index is 441. The molecule has 0 bridgehead atoms. The zero-order chi connectivity index (χ0) is 12.6. The molecule has 1 spiro atoms. The topological polar surface area (TPSA) is 18.5 Å². The van der Waals surface area contributed by atoms with Gasteiger partial charge in [0.2, 0.25) is 0 Å². The van der Waals surface area contributed by atoms with Crippen LogP contribution in [0, 0.1) is 0 Å². The van der Waals surface area contributed by atoms with E-state index in [0.29, 0.717) is 6.10 Å². The highest BCUT2D eigenvalue weighted by Crippen LogP contribution is 2.58. The summed E-state index contributed by atoms with van der Waals surface area (Å²) in [6.45, 7) is 2.17. The van der Waals surface area contributed by atoms with Crippen molar-refractivity contribution in [1.29, 1.82) is 0 Å². The summed E-state index contributed by atoms with van der Waals surface area (Å²) in [5.41, 5.74) is 1.31. The van der Waals surface area contributed by atoms with Gasteiger partial charge in [0, 0.05) is 12.0 Å². The van der Waals surface area contributed by atoms with Gasteiger partial charge in [-0.15, -0.1) is 23.5 Å². The molecular weight excluding hydrogens is 264 g/mol. The highest BCUT2D eigenvalue weighted by molar-refractivity contribution is 8.18. The molecule has 0 aliphatic carbocycles. The molecular formula is C14H18O2S2. The largest absolute Gasteiger partial charge is 0.497 e. The van der Waals surface area contributed by atoms with Crippen molar-refractivity contribution in [1.82, 2.24) is 0 Å². The molecule has 18 heavy (non-hydrogen) atoms. The Kier molecular flexibility index (Phi) is 3.41. The van der Waals surface area contributed by atoms with Gasteiger partial charge in [0.05, 0.1) is 17.3 Å². The maximum atomic E-state index is 5.98. The number of methoxy groups -OCH3 is 1. The molecule has 0 N–H and O–H groups in total. The fourth-order valence-electron chi connectivity index (χ4n) is 2.63. The lowest BCUT2D eigenvalue weighted by molar-refractivity contribution is 0.185. The van der Waals surface area contributed by atoms with E-state index in [2.05, 4.69) is 42.6 Å². The van der Waals surface area contributed by atoms with Crippen LogP contribution in [-0.4, -0.2) is 24.7 Å². The van der Waals surface area contributed by atoms with Crippen molar-refractivity contribution < 1.29 is 9.47 Å². The molecule has 1 fully saturated rings. The summed E-state index contributed by atoms with van der Waals surface area (Å²) in [7, 11) is 1.72. The lowest BCUT2D eigenvalue weighted by Crippen LogP contribution is -2.34. The van der Waals surface area contributed by atoms with E-state index in [1.54, 1.807) is 7.11 Å². The summed E-state index contributed by atoms with van der Waals surface area (Å²) in [4.78, 5) is 0. The Morgan fingerprint density at radius 3 is 2.83 bits per heavy atom. The van der Waals surface area contributed by atoms with Crippen molar-refractivity contribution in [2.45, 2.75) is 29.9 Å². The number of fused-ring (bicyclic) bond motifs is 2. The zero-order valence-electron chi connectivity index (χ0n) is 10.8. The van der Waals surface area contributed by atoms with Crippen LogP contribution in [0.1, 0.15) is 25.3 Å². The van der Waals surface area contributed by atoms with Gasteiger partial charge in [-0.2, -0.15) is 0 Å². The fraction of sp³-hybridized carbons (Fsp3) is 0.571. The van der Waals surface area contributed by atoms with Crippen molar-refractivity contribution in [2.24, 2.45) is 0 Å². The van der Waals surface area contributed by atoms with Crippen LogP contribution in [0.3, 0.4) is 0 Å². The summed E-state index contributed by atoms with van der Waals surface area (Å²) in [5.74, 6) is 4.46. The third-order valence-electron chi connectivity index (χ3n) is 3.44. The maximum absolute atomic E-state index is 5.98. The van der Waals surface area contributed by atoms with Crippen molar-refractivity contribution in [3.63, 3.8) is 0 Å². The monoisotopic (exact) mass is 282 g/mol.